The van der Waals surface area contributed by atoms with Crippen LogP contribution in [0.25, 0.3) is 11.0 Å². The molecule has 0 saturated heterocycles. The molecule has 3 rings (SSSR count). The quantitative estimate of drug-likeness (QED) is 0.534. The molecule has 0 saturated carbocycles. The summed E-state index contributed by atoms with van der Waals surface area (Å²) >= 11 is 0. The minimum absolute atomic E-state index is 0.0785. The van der Waals surface area contributed by atoms with Crippen LogP contribution < -0.4 is 14.9 Å². The number of carbonyl (C=O) groups is 1. The Morgan fingerprint density at radius 3 is 2.67 bits per heavy atom. The molecule has 0 spiro atoms. The fraction of sp³-hybridized carbons (Fsp3) is 0.111. The molecule has 0 aliphatic heterocycles. The largest absolute Gasteiger partial charge is 0.513 e. The van der Waals surface area contributed by atoms with Gasteiger partial charge in [-0.25, -0.2) is 4.79 Å². The summed E-state index contributed by atoms with van der Waals surface area (Å²) in [5.74, 6) is 0.840. The van der Waals surface area contributed by atoms with Gasteiger partial charge in [0.15, 0.2) is 0 Å². The molecule has 0 amide bonds. The summed E-state index contributed by atoms with van der Waals surface area (Å²) < 4.78 is 20.3. The molecule has 1 aromatic heterocycles. The van der Waals surface area contributed by atoms with Gasteiger partial charge in [-0.1, -0.05) is 12.1 Å². The Kier molecular flexibility index (Phi) is 4.20. The molecule has 1 heterocycles. The highest BCUT2D eigenvalue weighted by Crippen LogP contribution is 2.24. The molecule has 0 fully saturated rings. The van der Waals surface area contributed by atoms with E-state index in [-0.39, 0.29) is 22.5 Å². The van der Waals surface area contributed by atoms with E-state index in [1.807, 2.05) is 25.1 Å². The second-order valence-corrected chi connectivity index (χ2v) is 5.06. The maximum atomic E-state index is 12.5. The standard InChI is InChI=1S/C18H14O6/c1-11-4-3-5-12(8-11)23-16-10-22-15-9-13(24-18(20)21-2)6-7-14(15)17(16)19/h3-10H,1-2H3. The number of hydrogen-bond donors (Lipinski definition) is 0. The number of aryl methyl sites for hydroxylation is 1. The van der Waals surface area contributed by atoms with E-state index in [2.05, 4.69) is 4.74 Å². The normalized spacial score (nSPS) is 10.4. The van der Waals surface area contributed by atoms with Crippen LogP contribution in [0.4, 0.5) is 4.79 Å². The molecule has 0 atom stereocenters. The Morgan fingerprint density at radius 2 is 1.92 bits per heavy atom. The van der Waals surface area contributed by atoms with E-state index in [0.717, 1.165) is 5.56 Å². The van der Waals surface area contributed by atoms with E-state index < -0.39 is 6.16 Å². The Bertz CT molecular complexity index is 957. The van der Waals surface area contributed by atoms with E-state index in [1.54, 1.807) is 6.07 Å². The zero-order valence-corrected chi connectivity index (χ0v) is 13.1. The first kappa shape index (κ1) is 15.6. The SMILES string of the molecule is COC(=O)Oc1ccc2c(=O)c(Oc3cccc(C)c3)coc2c1. The molecule has 122 valence electrons. The lowest BCUT2D eigenvalue weighted by molar-refractivity contribution is 0.121. The highest BCUT2D eigenvalue weighted by molar-refractivity contribution is 5.80. The molecule has 3 aromatic rings. The molecule has 0 N–H and O–H groups in total. The lowest BCUT2D eigenvalue weighted by Gasteiger charge is -2.07. The first-order valence-corrected chi connectivity index (χ1v) is 7.13. The van der Waals surface area contributed by atoms with E-state index in [0.29, 0.717) is 11.1 Å². The van der Waals surface area contributed by atoms with Crippen molar-refractivity contribution >= 4 is 17.1 Å². The van der Waals surface area contributed by atoms with Crippen molar-refractivity contribution in [3.63, 3.8) is 0 Å². The lowest BCUT2D eigenvalue weighted by atomic mass is 10.2. The molecule has 0 aliphatic rings. The van der Waals surface area contributed by atoms with E-state index in [9.17, 15) is 9.59 Å². The Morgan fingerprint density at radius 1 is 1.08 bits per heavy atom. The number of benzene rings is 2. The molecule has 0 unspecified atom stereocenters. The minimum Gasteiger partial charge on any atom is -0.460 e. The van der Waals surface area contributed by atoms with Gasteiger partial charge in [-0.05, 0) is 36.8 Å². The van der Waals surface area contributed by atoms with Crippen molar-refractivity contribution in [2.45, 2.75) is 6.92 Å². The molecule has 6 nitrogen and oxygen atoms in total. The maximum Gasteiger partial charge on any atom is 0.513 e. The van der Waals surface area contributed by atoms with Gasteiger partial charge in [0.1, 0.15) is 23.3 Å². The van der Waals surface area contributed by atoms with Crippen molar-refractivity contribution in [1.29, 1.82) is 0 Å². The van der Waals surface area contributed by atoms with Crippen molar-refractivity contribution in [1.82, 2.24) is 0 Å². The number of ether oxygens (including phenoxy) is 3. The van der Waals surface area contributed by atoms with E-state index in [1.165, 1.54) is 31.6 Å². The highest BCUT2D eigenvalue weighted by atomic mass is 16.7. The van der Waals surface area contributed by atoms with Crippen LogP contribution >= 0.6 is 0 Å². The van der Waals surface area contributed by atoms with Crippen molar-refractivity contribution in [3.05, 3.63) is 64.5 Å². The first-order valence-electron chi connectivity index (χ1n) is 7.13. The number of rotatable bonds is 3. The Balaban J connectivity index is 1.95. The van der Waals surface area contributed by atoms with Gasteiger partial charge in [0.25, 0.3) is 0 Å². The summed E-state index contributed by atoms with van der Waals surface area (Å²) in [4.78, 5) is 23.6. The van der Waals surface area contributed by atoms with Gasteiger partial charge in [0.2, 0.25) is 11.2 Å². The third kappa shape index (κ3) is 3.22. The molecule has 2 aromatic carbocycles. The van der Waals surface area contributed by atoms with Gasteiger partial charge in [-0.15, -0.1) is 0 Å². The summed E-state index contributed by atoms with van der Waals surface area (Å²) in [7, 11) is 1.21. The van der Waals surface area contributed by atoms with Gasteiger partial charge in [-0.3, -0.25) is 4.79 Å². The number of fused-ring (bicyclic) bond motifs is 1. The average molecular weight is 326 g/mol. The fourth-order valence-electron chi connectivity index (χ4n) is 2.17. The van der Waals surface area contributed by atoms with Crippen LogP contribution in [-0.4, -0.2) is 13.3 Å². The van der Waals surface area contributed by atoms with Crippen molar-refractivity contribution < 1.29 is 23.4 Å². The van der Waals surface area contributed by atoms with Crippen LogP contribution in [0.2, 0.25) is 0 Å². The molecular weight excluding hydrogens is 312 g/mol. The maximum absolute atomic E-state index is 12.5. The smallest absolute Gasteiger partial charge is 0.460 e. The predicted octanol–water partition coefficient (Wildman–Crippen LogP) is 4.04. The highest BCUT2D eigenvalue weighted by Gasteiger charge is 2.12. The van der Waals surface area contributed by atoms with Crippen LogP contribution in [0.3, 0.4) is 0 Å². The number of methoxy groups -OCH3 is 1. The summed E-state index contributed by atoms with van der Waals surface area (Å²) in [5, 5.41) is 0.317. The summed E-state index contributed by atoms with van der Waals surface area (Å²) in [6.07, 6.45) is 0.380. The second kappa shape index (κ2) is 6.45. The van der Waals surface area contributed by atoms with Crippen molar-refractivity contribution in [2.75, 3.05) is 7.11 Å². The average Bonchev–Trinajstić information content (AvgIpc) is 2.57. The van der Waals surface area contributed by atoms with Gasteiger partial charge < -0.3 is 18.6 Å². The van der Waals surface area contributed by atoms with Gasteiger partial charge >= 0.3 is 6.16 Å². The van der Waals surface area contributed by atoms with Crippen LogP contribution in [0.5, 0.6) is 17.2 Å². The predicted molar refractivity (Wildman–Crippen MR) is 86.8 cm³/mol. The molecular formula is C18H14O6. The lowest BCUT2D eigenvalue weighted by Crippen LogP contribution is -2.08. The molecule has 0 aliphatic carbocycles. The van der Waals surface area contributed by atoms with Crippen LogP contribution in [-0.2, 0) is 4.74 Å². The zero-order chi connectivity index (χ0) is 17.1. The van der Waals surface area contributed by atoms with Gasteiger partial charge in [-0.2, -0.15) is 0 Å². The molecule has 0 radical (unpaired) electrons. The molecule has 24 heavy (non-hydrogen) atoms. The fourth-order valence-corrected chi connectivity index (χ4v) is 2.17. The van der Waals surface area contributed by atoms with Gasteiger partial charge in [0.05, 0.1) is 12.5 Å². The Hall–Kier alpha value is -3.28. The third-order valence-electron chi connectivity index (χ3n) is 3.30. The van der Waals surface area contributed by atoms with Crippen LogP contribution in [0.1, 0.15) is 5.56 Å². The summed E-state index contributed by atoms with van der Waals surface area (Å²) in [6.45, 7) is 1.93. The van der Waals surface area contributed by atoms with Crippen LogP contribution in [0.15, 0.2) is 57.9 Å². The zero-order valence-electron chi connectivity index (χ0n) is 13.1. The van der Waals surface area contributed by atoms with Crippen LogP contribution in [0, 0.1) is 6.92 Å². The molecule has 0 bridgehead atoms. The minimum atomic E-state index is -0.851. The van der Waals surface area contributed by atoms with Crippen molar-refractivity contribution in [2.24, 2.45) is 0 Å². The summed E-state index contributed by atoms with van der Waals surface area (Å²) in [6, 6.07) is 11.8. The molecule has 6 heteroatoms. The van der Waals surface area contributed by atoms with E-state index >= 15 is 0 Å². The third-order valence-corrected chi connectivity index (χ3v) is 3.30. The first-order chi connectivity index (χ1) is 11.6. The van der Waals surface area contributed by atoms with Crippen molar-refractivity contribution in [3.8, 4) is 17.2 Å². The summed E-state index contributed by atoms with van der Waals surface area (Å²) in [5.41, 5.74) is 0.975. The van der Waals surface area contributed by atoms with E-state index in [4.69, 9.17) is 13.9 Å². The number of carbonyl (C=O) groups excluding carboxylic acids is 1. The van der Waals surface area contributed by atoms with Gasteiger partial charge in [0, 0.05) is 6.07 Å². The second-order valence-electron chi connectivity index (χ2n) is 5.06. The monoisotopic (exact) mass is 326 g/mol. The number of hydrogen-bond acceptors (Lipinski definition) is 6. The Labute approximate surface area is 137 Å². The topological polar surface area (TPSA) is 75.0 Å².